The van der Waals surface area contributed by atoms with Gasteiger partial charge in [-0.3, -0.25) is 4.72 Å². The van der Waals surface area contributed by atoms with E-state index in [-0.39, 0.29) is 9.77 Å². The third-order valence-corrected chi connectivity index (χ3v) is 6.06. The minimum atomic E-state index is -3.82. The number of hydrogen-bond acceptors (Lipinski definition) is 4. The number of hydrogen-bond donors (Lipinski definition) is 2. The van der Waals surface area contributed by atoms with Crippen molar-refractivity contribution in [3.63, 3.8) is 0 Å². The lowest BCUT2D eigenvalue weighted by molar-refractivity contribution is 0.0702. The quantitative estimate of drug-likeness (QED) is 0.835. The van der Waals surface area contributed by atoms with Crippen molar-refractivity contribution >= 4 is 48.9 Å². The number of carboxylic acids is 1. The second-order valence-corrected chi connectivity index (χ2v) is 8.19. The average molecular weight is 390 g/mol. The zero-order chi connectivity index (χ0) is 15.8. The molecule has 0 saturated heterocycles. The lowest BCUT2D eigenvalue weighted by Crippen LogP contribution is -2.13. The minimum absolute atomic E-state index is 0.00385. The van der Waals surface area contributed by atoms with Crippen LogP contribution < -0.4 is 4.72 Å². The smallest absolute Gasteiger partial charge is 0.345 e. The fourth-order valence-electron chi connectivity index (χ4n) is 1.74. The predicted molar refractivity (Wildman–Crippen MR) is 85.7 cm³/mol. The van der Waals surface area contributed by atoms with Crippen LogP contribution in [0, 0.1) is 13.8 Å². The van der Waals surface area contributed by atoms with Gasteiger partial charge in [-0.1, -0.05) is 6.07 Å². The molecule has 5 nitrogen and oxygen atoms in total. The van der Waals surface area contributed by atoms with Gasteiger partial charge in [0.15, 0.2) is 0 Å². The van der Waals surface area contributed by atoms with E-state index in [0.717, 1.165) is 16.9 Å². The van der Waals surface area contributed by atoms with Crippen molar-refractivity contribution in [2.75, 3.05) is 4.72 Å². The van der Waals surface area contributed by atoms with Gasteiger partial charge >= 0.3 is 5.97 Å². The van der Waals surface area contributed by atoms with Crippen molar-refractivity contribution in [1.29, 1.82) is 0 Å². The Hall–Kier alpha value is -1.38. The standard InChI is InChI=1S/C13H12BrNO4S2/c1-7-3-4-10(9(14)5-7)15-21(18,19)12-6-11(13(16)17)20-8(12)2/h3-6,15H,1-2H3,(H,16,17). The molecular weight excluding hydrogens is 378 g/mol. The molecule has 1 aromatic carbocycles. The number of benzene rings is 1. The van der Waals surface area contributed by atoms with Crippen LogP contribution in [0.25, 0.3) is 0 Å². The molecule has 0 aliphatic heterocycles. The van der Waals surface area contributed by atoms with E-state index in [9.17, 15) is 13.2 Å². The molecule has 0 saturated carbocycles. The van der Waals surface area contributed by atoms with Crippen molar-refractivity contribution < 1.29 is 18.3 Å². The van der Waals surface area contributed by atoms with Gasteiger partial charge in [-0.25, -0.2) is 13.2 Å². The zero-order valence-corrected chi connectivity index (χ0v) is 14.4. The molecule has 0 amide bonds. The van der Waals surface area contributed by atoms with Gasteiger partial charge in [0.2, 0.25) is 0 Å². The molecule has 0 radical (unpaired) electrons. The molecule has 0 spiro atoms. The molecule has 0 unspecified atom stereocenters. The van der Waals surface area contributed by atoms with Crippen LogP contribution >= 0.6 is 27.3 Å². The van der Waals surface area contributed by atoms with Crippen molar-refractivity contribution in [2.24, 2.45) is 0 Å². The van der Waals surface area contributed by atoms with Crippen molar-refractivity contribution in [2.45, 2.75) is 18.7 Å². The lowest BCUT2D eigenvalue weighted by Gasteiger charge is -2.10. The van der Waals surface area contributed by atoms with Crippen LogP contribution in [0.5, 0.6) is 0 Å². The van der Waals surface area contributed by atoms with Gasteiger partial charge in [-0.2, -0.15) is 0 Å². The van der Waals surface area contributed by atoms with Crippen molar-refractivity contribution in [3.05, 3.63) is 44.1 Å². The number of nitrogens with one attached hydrogen (secondary N) is 1. The predicted octanol–water partition coefficient (Wildman–Crippen LogP) is 3.63. The molecule has 0 atom stereocenters. The number of anilines is 1. The first-order valence-electron chi connectivity index (χ1n) is 5.83. The highest BCUT2D eigenvalue weighted by molar-refractivity contribution is 9.10. The van der Waals surface area contributed by atoms with E-state index in [1.807, 2.05) is 6.92 Å². The normalized spacial score (nSPS) is 11.4. The van der Waals surface area contributed by atoms with Gasteiger partial charge in [-0.15, -0.1) is 11.3 Å². The van der Waals surface area contributed by atoms with Crippen LogP contribution in [-0.2, 0) is 10.0 Å². The lowest BCUT2D eigenvalue weighted by atomic mass is 10.2. The van der Waals surface area contributed by atoms with E-state index in [4.69, 9.17) is 5.11 Å². The fourth-order valence-corrected chi connectivity index (χ4v) is 4.97. The topological polar surface area (TPSA) is 83.5 Å². The van der Waals surface area contributed by atoms with Gasteiger partial charge in [-0.05, 0) is 53.5 Å². The Morgan fingerprint density at radius 2 is 1.95 bits per heavy atom. The number of carboxylic acid groups (broad SMARTS) is 1. The van der Waals surface area contributed by atoms with Gasteiger partial charge in [0.1, 0.15) is 9.77 Å². The van der Waals surface area contributed by atoms with Gasteiger partial charge in [0.25, 0.3) is 10.0 Å². The highest BCUT2D eigenvalue weighted by Crippen LogP contribution is 2.30. The van der Waals surface area contributed by atoms with E-state index in [2.05, 4.69) is 20.7 Å². The number of halogens is 1. The van der Waals surface area contributed by atoms with E-state index in [1.165, 1.54) is 6.07 Å². The molecule has 0 aliphatic rings. The first-order chi connectivity index (χ1) is 9.70. The van der Waals surface area contributed by atoms with Crippen LogP contribution in [0.1, 0.15) is 20.1 Å². The average Bonchev–Trinajstić information content (AvgIpc) is 2.76. The SMILES string of the molecule is Cc1ccc(NS(=O)(=O)c2cc(C(=O)O)sc2C)c(Br)c1. The number of rotatable bonds is 4. The second-order valence-electron chi connectivity index (χ2n) is 4.43. The summed E-state index contributed by atoms with van der Waals surface area (Å²) in [5.41, 5.74) is 1.40. The van der Waals surface area contributed by atoms with E-state index in [1.54, 1.807) is 25.1 Å². The molecule has 2 rings (SSSR count). The maximum atomic E-state index is 12.4. The van der Waals surface area contributed by atoms with Gasteiger partial charge in [0.05, 0.1) is 5.69 Å². The third kappa shape index (κ3) is 3.45. The highest BCUT2D eigenvalue weighted by atomic mass is 79.9. The summed E-state index contributed by atoms with van der Waals surface area (Å²) in [5.74, 6) is -1.14. The Morgan fingerprint density at radius 1 is 1.29 bits per heavy atom. The molecule has 8 heteroatoms. The maximum absolute atomic E-state index is 12.4. The Bertz CT molecular complexity index is 812. The number of carbonyl (C=O) groups is 1. The minimum Gasteiger partial charge on any atom is -0.477 e. The van der Waals surface area contributed by atoms with Crippen LogP contribution in [0.4, 0.5) is 5.69 Å². The number of sulfonamides is 1. The summed E-state index contributed by atoms with van der Waals surface area (Å²) in [6.07, 6.45) is 0. The summed E-state index contributed by atoms with van der Waals surface area (Å²) in [7, 11) is -3.82. The zero-order valence-electron chi connectivity index (χ0n) is 11.2. The van der Waals surface area contributed by atoms with Gasteiger partial charge < -0.3 is 5.11 Å². The van der Waals surface area contributed by atoms with Crippen molar-refractivity contribution in [3.8, 4) is 0 Å². The molecule has 2 aromatic rings. The Morgan fingerprint density at radius 3 is 2.48 bits per heavy atom. The van der Waals surface area contributed by atoms with E-state index < -0.39 is 16.0 Å². The molecule has 0 fully saturated rings. The number of aryl methyl sites for hydroxylation is 2. The molecule has 0 bridgehead atoms. The molecular formula is C13H12BrNO4S2. The van der Waals surface area contributed by atoms with E-state index >= 15 is 0 Å². The monoisotopic (exact) mass is 389 g/mol. The molecule has 1 heterocycles. The number of thiophene rings is 1. The molecule has 112 valence electrons. The Labute approximate surface area is 134 Å². The van der Waals surface area contributed by atoms with Crippen LogP contribution in [0.2, 0.25) is 0 Å². The fraction of sp³-hybridized carbons (Fsp3) is 0.154. The maximum Gasteiger partial charge on any atom is 0.345 e. The molecule has 0 aliphatic carbocycles. The largest absolute Gasteiger partial charge is 0.477 e. The summed E-state index contributed by atoms with van der Waals surface area (Å²) in [6.45, 7) is 3.47. The van der Waals surface area contributed by atoms with Crippen LogP contribution in [0.3, 0.4) is 0 Å². The molecule has 21 heavy (non-hydrogen) atoms. The third-order valence-electron chi connectivity index (χ3n) is 2.74. The van der Waals surface area contributed by atoms with E-state index in [0.29, 0.717) is 15.0 Å². The number of aromatic carboxylic acids is 1. The summed E-state index contributed by atoms with van der Waals surface area (Å²) in [6, 6.07) is 6.40. The molecule has 2 N–H and O–H groups in total. The Balaban J connectivity index is 2.41. The molecule has 1 aromatic heterocycles. The summed E-state index contributed by atoms with van der Waals surface area (Å²) >= 11 is 4.24. The van der Waals surface area contributed by atoms with Gasteiger partial charge in [0, 0.05) is 9.35 Å². The first kappa shape index (κ1) is 16.0. The second kappa shape index (κ2) is 5.78. The summed E-state index contributed by atoms with van der Waals surface area (Å²) in [5, 5.41) is 8.94. The first-order valence-corrected chi connectivity index (χ1v) is 8.92. The highest BCUT2D eigenvalue weighted by Gasteiger charge is 2.22. The Kier molecular flexibility index (Phi) is 4.40. The van der Waals surface area contributed by atoms with Crippen LogP contribution in [-0.4, -0.2) is 19.5 Å². The van der Waals surface area contributed by atoms with Crippen molar-refractivity contribution in [1.82, 2.24) is 0 Å². The summed E-state index contributed by atoms with van der Waals surface area (Å²) in [4.78, 5) is 11.3. The summed E-state index contributed by atoms with van der Waals surface area (Å²) < 4.78 is 27.8. The van der Waals surface area contributed by atoms with Crippen LogP contribution in [0.15, 0.2) is 33.6 Å².